The van der Waals surface area contributed by atoms with Crippen LogP contribution in [0.15, 0.2) is 42.5 Å². The Morgan fingerprint density at radius 3 is 2.28 bits per heavy atom. The Morgan fingerprint density at radius 1 is 0.875 bits per heavy atom. The van der Waals surface area contributed by atoms with E-state index in [0.29, 0.717) is 33.7 Å². The number of amides is 3. The molecule has 2 aromatic carbocycles. The molecule has 0 saturated heterocycles. The molecule has 0 fully saturated rings. The molecule has 0 spiro atoms. The number of benzene rings is 2. The lowest BCUT2D eigenvalue weighted by Crippen LogP contribution is -2.41. The molecule has 0 unspecified atom stereocenters. The zero-order chi connectivity index (χ0) is 23.3. The highest BCUT2D eigenvalue weighted by molar-refractivity contribution is 6.36. The molecule has 32 heavy (non-hydrogen) atoms. The Kier molecular flexibility index (Phi) is 10.8. The van der Waals surface area contributed by atoms with Crippen molar-refractivity contribution in [2.75, 3.05) is 11.9 Å². The van der Waals surface area contributed by atoms with E-state index in [1.165, 1.54) is 18.9 Å². The number of carbonyl (C=O) groups excluding carboxylic acids is 3. The van der Waals surface area contributed by atoms with Gasteiger partial charge in [-0.3, -0.25) is 25.2 Å². The third kappa shape index (κ3) is 9.16. The van der Waals surface area contributed by atoms with Crippen LogP contribution in [0, 0.1) is 0 Å². The van der Waals surface area contributed by atoms with Gasteiger partial charge in [-0.25, -0.2) is 0 Å². The number of hydrogen-bond acceptors (Lipinski definition) is 4. The van der Waals surface area contributed by atoms with Gasteiger partial charge in [-0.1, -0.05) is 49.4 Å². The van der Waals surface area contributed by atoms with E-state index < -0.39 is 11.8 Å². The van der Waals surface area contributed by atoms with E-state index in [1.807, 2.05) is 0 Å². The van der Waals surface area contributed by atoms with Gasteiger partial charge in [-0.15, -0.1) is 0 Å². The Hall–Kier alpha value is -2.77. The van der Waals surface area contributed by atoms with Gasteiger partial charge in [0.2, 0.25) is 11.8 Å². The highest BCUT2D eigenvalue weighted by atomic mass is 35.5. The lowest BCUT2D eigenvalue weighted by molar-refractivity contribution is -0.124. The van der Waals surface area contributed by atoms with Gasteiger partial charge in [0.15, 0.2) is 0 Å². The number of carbonyl (C=O) groups is 3. The van der Waals surface area contributed by atoms with Gasteiger partial charge < -0.3 is 10.1 Å². The van der Waals surface area contributed by atoms with E-state index >= 15 is 0 Å². The quantitative estimate of drug-likeness (QED) is 0.307. The van der Waals surface area contributed by atoms with Crippen LogP contribution in [0.2, 0.25) is 10.0 Å². The van der Waals surface area contributed by atoms with Crippen molar-refractivity contribution in [1.29, 1.82) is 0 Å². The van der Waals surface area contributed by atoms with Gasteiger partial charge in [0, 0.05) is 23.4 Å². The molecule has 3 amide bonds. The zero-order valence-corrected chi connectivity index (χ0v) is 19.4. The van der Waals surface area contributed by atoms with Crippen LogP contribution < -0.4 is 20.9 Å². The zero-order valence-electron chi connectivity index (χ0n) is 17.9. The van der Waals surface area contributed by atoms with Gasteiger partial charge in [0.1, 0.15) is 5.75 Å². The van der Waals surface area contributed by atoms with E-state index in [1.54, 1.807) is 36.4 Å². The van der Waals surface area contributed by atoms with Gasteiger partial charge >= 0.3 is 0 Å². The molecule has 172 valence electrons. The number of ether oxygens (including phenoxy) is 1. The number of hydrogen-bond donors (Lipinski definition) is 3. The molecule has 0 aliphatic heterocycles. The second-order valence-electron chi connectivity index (χ2n) is 7.11. The molecule has 2 rings (SSSR count). The molecule has 0 aliphatic carbocycles. The van der Waals surface area contributed by atoms with Crippen LogP contribution in [0.5, 0.6) is 5.75 Å². The molecule has 9 heteroatoms. The minimum Gasteiger partial charge on any atom is -0.494 e. The summed E-state index contributed by atoms with van der Waals surface area (Å²) in [5, 5.41) is 3.36. The monoisotopic (exact) mass is 479 g/mol. The molecule has 0 atom stereocenters. The van der Waals surface area contributed by atoms with E-state index in [0.717, 1.165) is 12.8 Å². The first-order valence-electron chi connectivity index (χ1n) is 10.5. The van der Waals surface area contributed by atoms with Crippen molar-refractivity contribution in [1.82, 2.24) is 10.9 Å². The average Bonchev–Trinajstić information content (AvgIpc) is 2.78. The maximum Gasteiger partial charge on any atom is 0.269 e. The first-order valence-corrected chi connectivity index (χ1v) is 11.2. The van der Waals surface area contributed by atoms with Crippen LogP contribution >= 0.6 is 23.2 Å². The normalized spacial score (nSPS) is 10.3. The van der Waals surface area contributed by atoms with Gasteiger partial charge in [-0.2, -0.15) is 0 Å². The Labute approximate surface area is 197 Å². The lowest BCUT2D eigenvalue weighted by Gasteiger charge is -2.10. The smallest absolute Gasteiger partial charge is 0.269 e. The molecule has 0 saturated carbocycles. The van der Waals surface area contributed by atoms with Crippen molar-refractivity contribution >= 4 is 46.6 Å². The summed E-state index contributed by atoms with van der Waals surface area (Å²) < 4.78 is 5.64. The third-order valence-electron chi connectivity index (χ3n) is 4.48. The molecule has 0 radical (unpaired) electrons. The maximum atomic E-state index is 12.2. The summed E-state index contributed by atoms with van der Waals surface area (Å²) in [7, 11) is 0. The summed E-state index contributed by atoms with van der Waals surface area (Å²) in [6, 6.07) is 11.3. The lowest BCUT2D eigenvalue weighted by atomic mass is 10.2. The van der Waals surface area contributed by atoms with Crippen molar-refractivity contribution in [3.8, 4) is 5.75 Å². The number of unbranched alkanes of at least 4 members (excludes halogenated alkanes) is 3. The van der Waals surface area contributed by atoms with Crippen molar-refractivity contribution in [3.63, 3.8) is 0 Å². The van der Waals surface area contributed by atoms with Gasteiger partial charge in [0.25, 0.3) is 5.91 Å². The van der Waals surface area contributed by atoms with E-state index in [4.69, 9.17) is 27.9 Å². The minimum atomic E-state index is -0.497. The maximum absolute atomic E-state index is 12.2. The van der Waals surface area contributed by atoms with Crippen LogP contribution in [0.3, 0.4) is 0 Å². The number of halogens is 2. The predicted molar refractivity (Wildman–Crippen MR) is 126 cm³/mol. The van der Waals surface area contributed by atoms with Crippen molar-refractivity contribution < 1.29 is 19.1 Å². The summed E-state index contributed by atoms with van der Waals surface area (Å²) in [5.74, 6) is -0.664. The number of anilines is 1. The standard InChI is InChI=1S/C23H27Cl2N3O4/c1-2-3-4-5-14-32-18-9-6-16(7-10-18)23(31)28-27-22(30)13-12-21(29)26-20-11-8-17(24)15-19(20)25/h6-11,15H,2-5,12-14H2,1H3,(H,26,29)(H,27,30)(H,28,31). The Balaban J connectivity index is 1.68. The molecule has 2 aromatic rings. The van der Waals surface area contributed by atoms with E-state index in [9.17, 15) is 14.4 Å². The fourth-order valence-corrected chi connectivity index (χ4v) is 3.17. The molecular weight excluding hydrogens is 453 g/mol. The predicted octanol–water partition coefficient (Wildman–Crippen LogP) is 5.13. The third-order valence-corrected chi connectivity index (χ3v) is 5.03. The van der Waals surface area contributed by atoms with Gasteiger partial charge in [-0.05, 0) is 48.9 Å². The van der Waals surface area contributed by atoms with Crippen LogP contribution in [0.4, 0.5) is 5.69 Å². The van der Waals surface area contributed by atoms with Crippen molar-refractivity contribution in [3.05, 3.63) is 58.1 Å². The summed E-state index contributed by atoms with van der Waals surface area (Å²) in [4.78, 5) is 36.1. The first-order chi connectivity index (χ1) is 15.4. The largest absolute Gasteiger partial charge is 0.494 e. The van der Waals surface area contributed by atoms with Crippen LogP contribution in [-0.4, -0.2) is 24.3 Å². The fourth-order valence-electron chi connectivity index (χ4n) is 2.71. The van der Waals surface area contributed by atoms with Crippen LogP contribution in [0.25, 0.3) is 0 Å². The number of hydrazine groups is 1. The molecule has 0 aliphatic rings. The van der Waals surface area contributed by atoms with Crippen molar-refractivity contribution in [2.24, 2.45) is 0 Å². The van der Waals surface area contributed by atoms with Crippen LogP contribution in [-0.2, 0) is 9.59 Å². The highest BCUT2D eigenvalue weighted by Crippen LogP contribution is 2.25. The average molecular weight is 480 g/mol. The second kappa shape index (κ2) is 13.6. The molecule has 3 N–H and O–H groups in total. The fraction of sp³-hybridized carbons (Fsp3) is 0.348. The highest BCUT2D eigenvalue weighted by Gasteiger charge is 2.11. The second-order valence-corrected chi connectivity index (χ2v) is 7.95. The summed E-state index contributed by atoms with van der Waals surface area (Å²) in [6.07, 6.45) is 4.30. The minimum absolute atomic E-state index is 0.0784. The van der Waals surface area contributed by atoms with Gasteiger partial charge in [0.05, 0.1) is 17.3 Å². The van der Waals surface area contributed by atoms with E-state index in [2.05, 4.69) is 23.1 Å². The molecule has 0 heterocycles. The summed E-state index contributed by atoms with van der Waals surface area (Å²) in [6.45, 7) is 2.79. The number of rotatable bonds is 11. The first kappa shape index (κ1) is 25.5. The van der Waals surface area contributed by atoms with Crippen LogP contribution in [0.1, 0.15) is 55.8 Å². The molecule has 0 aromatic heterocycles. The van der Waals surface area contributed by atoms with E-state index in [-0.39, 0.29) is 18.7 Å². The Morgan fingerprint density at radius 2 is 1.59 bits per heavy atom. The number of nitrogens with one attached hydrogen (secondary N) is 3. The summed E-state index contributed by atoms with van der Waals surface area (Å²) in [5.41, 5.74) is 5.40. The molecule has 7 nitrogen and oxygen atoms in total. The Bertz CT molecular complexity index is 920. The molecule has 0 bridgehead atoms. The molecular formula is C23H27Cl2N3O4. The SMILES string of the molecule is CCCCCCOc1ccc(C(=O)NNC(=O)CCC(=O)Nc2ccc(Cl)cc2Cl)cc1. The topological polar surface area (TPSA) is 96.5 Å². The van der Waals surface area contributed by atoms with Crippen molar-refractivity contribution in [2.45, 2.75) is 45.4 Å². The summed E-state index contributed by atoms with van der Waals surface area (Å²) >= 11 is 11.8.